The third-order valence-electron chi connectivity index (χ3n) is 2.23. The molecular weight excluding hydrogens is 267 g/mol. The molecule has 1 aromatic heterocycles. The van der Waals surface area contributed by atoms with Gasteiger partial charge in [0.2, 0.25) is 5.82 Å². The van der Waals surface area contributed by atoms with E-state index in [1.807, 2.05) is 20.8 Å². The summed E-state index contributed by atoms with van der Waals surface area (Å²) >= 11 is 5.62. The third-order valence-corrected chi connectivity index (χ3v) is 2.42. The first-order chi connectivity index (χ1) is 8.24. The predicted molar refractivity (Wildman–Crippen MR) is 64.8 cm³/mol. The van der Waals surface area contributed by atoms with Gasteiger partial charge in [0.25, 0.3) is 0 Å². The minimum atomic E-state index is -4.59. The van der Waals surface area contributed by atoms with E-state index in [9.17, 15) is 13.2 Å². The molecular formula is C11H15ClF3N3. The van der Waals surface area contributed by atoms with Gasteiger partial charge in [-0.25, -0.2) is 9.97 Å². The Morgan fingerprint density at radius 3 is 2.39 bits per heavy atom. The minimum absolute atomic E-state index is 0.200. The maximum absolute atomic E-state index is 12.6. The van der Waals surface area contributed by atoms with Crippen LogP contribution in [0.3, 0.4) is 0 Å². The van der Waals surface area contributed by atoms with E-state index in [-0.39, 0.29) is 11.0 Å². The maximum atomic E-state index is 12.6. The maximum Gasteiger partial charge on any atom is 0.451 e. The highest BCUT2D eigenvalue weighted by molar-refractivity contribution is 6.29. The van der Waals surface area contributed by atoms with Crippen molar-refractivity contribution in [3.05, 3.63) is 17.0 Å². The number of aromatic nitrogens is 2. The highest BCUT2D eigenvalue weighted by atomic mass is 35.5. The molecule has 18 heavy (non-hydrogen) atoms. The molecule has 0 amide bonds. The van der Waals surface area contributed by atoms with Crippen molar-refractivity contribution in [3.8, 4) is 0 Å². The van der Waals surface area contributed by atoms with Crippen LogP contribution in [-0.4, -0.2) is 23.1 Å². The molecule has 3 nitrogen and oxygen atoms in total. The molecule has 102 valence electrons. The summed E-state index contributed by atoms with van der Waals surface area (Å²) in [7, 11) is 0. The van der Waals surface area contributed by atoms with Gasteiger partial charge in [-0.2, -0.15) is 13.2 Å². The average molecular weight is 282 g/mol. The summed E-state index contributed by atoms with van der Waals surface area (Å²) in [6.45, 7) is 6.99. The molecule has 0 bridgehead atoms. The number of nitrogens with zero attached hydrogens (tertiary/aromatic N) is 3. The second-order valence-corrected chi connectivity index (χ2v) is 4.69. The summed E-state index contributed by atoms with van der Waals surface area (Å²) in [6.07, 6.45) is -4.59. The van der Waals surface area contributed by atoms with E-state index in [1.165, 1.54) is 6.07 Å². The fourth-order valence-corrected chi connectivity index (χ4v) is 1.70. The lowest BCUT2D eigenvalue weighted by molar-refractivity contribution is -0.144. The van der Waals surface area contributed by atoms with E-state index < -0.39 is 12.0 Å². The van der Waals surface area contributed by atoms with Crippen LogP contribution in [0.5, 0.6) is 0 Å². The Hall–Kier alpha value is -1.04. The highest BCUT2D eigenvalue weighted by Gasteiger charge is 2.35. The second-order valence-electron chi connectivity index (χ2n) is 4.30. The van der Waals surface area contributed by atoms with Gasteiger partial charge in [0, 0.05) is 19.2 Å². The molecule has 0 unspecified atom stereocenters. The first-order valence-corrected chi connectivity index (χ1v) is 5.98. The van der Waals surface area contributed by atoms with Crippen LogP contribution in [0.1, 0.15) is 26.6 Å². The van der Waals surface area contributed by atoms with Crippen LogP contribution in [0.15, 0.2) is 6.07 Å². The summed E-state index contributed by atoms with van der Waals surface area (Å²) in [5, 5.41) is -0.200. The van der Waals surface area contributed by atoms with E-state index in [4.69, 9.17) is 11.6 Å². The largest absolute Gasteiger partial charge is 0.451 e. The zero-order valence-electron chi connectivity index (χ0n) is 10.4. The molecule has 7 heteroatoms. The van der Waals surface area contributed by atoms with Crippen LogP contribution in [0.4, 0.5) is 19.0 Å². The number of rotatable bonds is 4. The zero-order valence-corrected chi connectivity index (χ0v) is 11.2. The van der Waals surface area contributed by atoms with Gasteiger partial charge in [0.05, 0.1) is 0 Å². The minimum Gasteiger partial charge on any atom is -0.356 e. The smallest absolute Gasteiger partial charge is 0.356 e. The Morgan fingerprint density at radius 1 is 1.33 bits per heavy atom. The number of alkyl halides is 3. The van der Waals surface area contributed by atoms with E-state index in [0.29, 0.717) is 19.0 Å². The predicted octanol–water partition coefficient (Wildman–Crippen LogP) is 3.63. The van der Waals surface area contributed by atoms with Gasteiger partial charge in [-0.3, -0.25) is 0 Å². The normalized spacial score (nSPS) is 12.0. The van der Waals surface area contributed by atoms with Crippen molar-refractivity contribution in [1.29, 1.82) is 0 Å². The Labute approximate surface area is 109 Å². The summed E-state index contributed by atoms with van der Waals surface area (Å²) < 4.78 is 37.7. The van der Waals surface area contributed by atoms with Crippen molar-refractivity contribution in [2.45, 2.75) is 26.9 Å². The van der Waals surface area contributed by atoms with Crippen LogP contribution in [0.2, 0.25) is 5.15 Å². The van der Waals surface area contributed by atoms with Gasteiger partial charge < -0.3 is 4.90 Å². The standard InChI is InChI=1S/C11H15ClF3N3/c1-4-18(6-7(2)3)9-5-8(12)16-10(17-9)11(13,14)15/h5,7H,4,6H2,1-3H3. The molecule has 0 aliphatic heterocycles. The second kappa shape index (κ2) is 5.73. The lowest BCUT2D eigenvalue weighted by atomic mass is 10.2. The van der Waals surface area contributed by atoms with Gasteiger partial charge >= 0.3 is 6.18 Å². The van der Waals surface area contributed by atoms with Crippen LogP contribution < -0.4 is 4.90 Å². The number of hydrogen-bond acceptors (Lipinski definition) is 3. The van der Waals surface area contributed by atoms with E-state index in [1.54, 1.807) is 4.90 Å². The quantitative estimate of drug-likeness (QED) is 0.789. The van der Waals surface area contributed by atoms with Crippen LogP contribution in [0.25, 0.3) is 0 Å². The Kier molecular flexibility index (Phi) is 4.78. The molecule has 1 rings (SSSR count). The molecule has 1 heterocycles. The molecule has 1 aromatic rings. The lowest BCUT2D eigenvalue weighted by Gasteiger charge is -2.24. The molecule has 0 aliphatic carbocycles. The first-order valence-electron chi connectivity index (χ1n) is 5.60. The molecule has 0 radical (unpaired) electrons. The fourth-order valence-electron chi connectivity index (χ4n) is 1.52. The Balaban J connectivity index is 3.11. The number of hydrogen-bond donors (Lipinski definition) is 0. The van der Waals surface area contributed by atoms with E-state index >= 15 is 0 Å². The summed E-state index contributed by atoms with van der Waals surface area (Å²) in [5.41, 5.74) is 0. The van der Waals surface area contributed by atoms with Gasteiger partial charge in [-0.15, -0.1) is 0 Å². The molecule has 0 aromatic carbocycles. The van der Waals surface area contributed by atoms with Crippen molar-refractivity contribution < 1.29 is 13.2 Å². The Morgan fingerprint density at radius 2 is 1.94 bits per heavy atom. The molecule has 0 atom stereocenters. The topological polar surface area (TPSA) is 29.0 Å². The van der Waals surface area contributed by atoms with E-state index in [0.717, 1.165) is 0 Å². The van der Waals surface area contributed by atoms with Crippen LogP contribution in [-0.2, 0) is 6.18 Å². The third kappa shape index (κ3) is 4.01. The highest BCUT2D eigenvalue weighted by Crippen LogP contribution is 2.29. The number of anilines is 1. The summed E-state index contributed by atoms with van der Waals surface area (Å²) in [5.74, 6) is -0.682. The van der Waals surface area contributed by atoms with Crippen molar-refractivity contribution in [2.24, 2.45) is 5.92 Å². The lowest BCUT2D eigenvalue weighted by Crippen LogP contribution is -2.29. The van der Waals surface area contributed by atoms with Crippen molar-refractivity contribution in [3.63, 3.8) is 0 Å². The van der Waals surface area contributed by atoms with Gasteiger partial charge in [-0.1, -0.05) is 25.4 Å². The molecule has 0 aliphatic rings. The van der Waals surface area contributed by atoms with Crippen molar-refractivity contribution in [1.82, 2.24) is 9.97 Å². The fraction of sp³-hybridized carbons (Fsp3) is 0.636. The van der Waals surface area contributed by atoms with Gasteiger partial charge in [-0.05, 0) is 12.8 Å². The van der Waals surface area contributed by atoms with Crippen LogP contribution >= 0.6 is 11.6 Å². The zero-order chi connectivity index (χ0) is 13.9. The molecule has 0 N–H and O–H groups in total. The van der Waals surface area contributed by atoms with Gasteiger partial charge in [0.1, 0.15) is 11.0 Å². The van der Waals surface area contributed by atoms with Crippen molar-refractivity contribution in [2.75, 3.05) is 18.0 Å². The summed E-state index contributed by atoms with van der Waals surface area (Å²) in [6, 6.07) is 1.35. The van der Waals surface area contributed by atoms with Gasteiger partial charge in [0.15, 0.2) is 0 Å². The Bertz CT molecular complexity index is 407. The van der Waals surface area contributed by atoms with E-state index in [2.05, 4.69) is 9.97 Å². The van der Waals surface area contributed by atoms with Crippen LogP contribution in [0, 0.1) is 5.92 Å². The molecule has 0 saturated carbocycles. The molecule has 0 spiro atoms. The summed E-state index contributed by atoms with van der Waals surface area (Å²) in [4.78, 5) is 8.48. The van der Waals surface area contributed by atoms with Crippen molar-refractivity contribution >= 4 is 17.4 Å². The SMILES string of the molecule is CCN(CC(C)C)c1cc(Cl)nc(C(F)(F)F)n1. The molecule has 0 saturated heterocycles. The monoisotopic (exact) mass is 281 g/mol. The average Bonchev–Trinajstić information content (AvgIpc) is 2.23. The first kappa shape index (κ1) is 15.0. The number of halogens is 4. The molecule has 0 fully saturated rings.